The van der Waals surface area contributed by atoms with E-state index in [-0.39, 0.29) is 17.5 Å². The molecule has 6 nitrogen and oxygen atoms in total. The third kappa shape index (κ3) is 7.89. The van der Waals surface area contributed by atoms with E-state index in [1.165, 1.54) is 0 Å². The van der Waals surface area contributed by atoms with Gasteiger partial charge in [-0.3, -0.25) is 9.97 Å². The van der Waals surface area contributed by atoms with Crippen molar-refractivity contribution in [3.05, 3.63) is 47.6 Å². The highest BCUT2D eigenvalue weighted by Crippen LogP contribution is 2.43. The van der Waals surface area contributed by atoms with Crippen molar-refractivity contribution in [2.45, 2.75) is 99.9 Å². The van der Waals surface area contributed by atoms with Gasteiger partial charge in [-0.1, -0.05) is 39.8 Å². The minimum Gasteiger partial charge on any atom is -0.461 e. The van der Waals surface area contributed by atoms with Crippen molar-refractivity contribution in [3.63, 3.8) is 0 Å². The van der Waals surface area contributed by atoms with E-state index in [0.717, 1.165) is 59.6 Å². The van der Waals surface area contributed by atoms with Gasteiger partial charge in [0, 0.05) is 54.1 Å². The lowest BCUT2D eigenvalue weighted by atomic mass is 9.82. The minimum absolute atomic E-state index is 0.252. The SMILES string of the molecule is Cc1ncc(-c2cncc(/C=C/C(C)C)c2)c(N2CCC(C)(C)CC2)c1[C@H](OC(C)(C)C)C(=O)OC(C)C. The van der Waals surface area contributed by atoms with Crippen molar-refractivity contribution in [2.24, 2.45) is 11.3 Å². The van der Waals surface area contributed by atoms with Crippen LogP contribution in [0.3, 0.4) is 0 Å². The molecule has 1 fully saturated rings. The highest BCUT2D eigenvalue weighted by molar-refractivity contribution is 5.87. The maximum atomic E-state index is 13.6. The van der Waals surface area contributed by atoms with Crippen LogP contribution in [0.5, 0.6) is 0 Å². The molecule has 2 aromatic heterocycles. The molecular formula is C32H47N3O3. The summed E-state index contributed by atoms with van der Waals surface area (Å²) in [6.45, 7) is 22.3. The quantitative estimate of drug-likeness (QED) is 0.334. The van der Waals surface area contributed by atoms with E-state index in [0.29, 0.717) is 5.92 Å². The fourth-order valence-corrected chi connectivity index (χ4v) is 4.68. The summed E-state index contributed by atoms with van der Waals surface area (Å²) in [7, 11) is 0. The number of aromatic nitrogens is 2. The lowest BCUT2D eigenvalue weighted by Gasteiger charge is -2.41. The third-order valence-corrected chi connectivity index (χ3v) is 6.76. The maximum absolute atomic E-state index is 13.6. The standard InChI is InChI=1S/C32H47N3O3/c1-21(2)11-12-24-17-25(19-33-18-24)26-20-34-23(5)27(28(26)35-15-13-32(9,10)14-16-35)29(38-31(6,7)8)30(36)37-22(3)4/h11-12,17-22,29H,13-16H2,1-10H3/b12-11+/t29-/m0/s1. The van der Waals surface area contributed by atoms with E-state index >= 15 is 0 Å². The number of nitrogens with zero attached hydrogens (tertiary/aromatic N) is 3. The Morgan fingerprint density at radius 1 is 1.08 bits per heavy atom. The number of carbonyl (C=O) groups excluding carboxylic acids is 1. The van der Waals surface area contributed by atoms with Crippen molar-refractivity contribution < 1.29 is 14.3 Å². The average molecular weight is 522 g/mol. The van der Waals surface area contributed by atoms with E-state index in [1.54, 1.807) is 0 Å². The van der Waals surface area contributed by atoms with Gasteiger partial charge in [0.1, 0.15) is 0 Å². The lowest BCUT2D eigenvalue weighted by molar-refractivity contribution is -0.171. The number of pyridine rings is 2. The van der Waals surface area contributed by atoms with Gasteiger partial charge >= 0.3 is 5.97 Å². The van der Waals surface area contributed by atoms with Crippen LogP contribution in [0.2, 0.25) is 0 Å². The van der Waals surface area contributed by atoms with Gasteiger partial charge in [0.05, 0.1) is 17.4 Å². The van der Waals surface area contributed by atoms with Crippen LogP contribution in [0.4, 0.5) is 5.69 Å². The first-order valence-electron chi connectivity index (χ1n) is 13.9. The molecule has 0 saturated carbocycles. The Morgan fingerprint density at radius 3 is 2.32 bits per heavy atom. The summed E-state index contributed by atoms with van der Waals surface area (Å²) in [5, 5.41) is 0. The minimum atomic E-state index is -0.897. The van der Waals surface area contributed by atoms with Crippen molar-refractivity contribution in [2.75, 3.05) is 18.0 Å². The van der Waals surface area contributed by atoms with Crippen LogP contribution >= 0.6 is 0 Å². The van der Waals surface area contributed by atoms with Crippen LogP contribution in [-0.4, -0.2) is 40.7 Å². The molecular weight excluding hydrogens is 474 g/mol. The number of ether oxygens (including phenoxy) is 2. The van der Waals surface area contributed by atoms with Crippen molar-refractivity contribution >= 4 is 17.7 Å². The summed E-state index contributed by atoms with van der Waals surface area (Å²) in [4.78, 5) is 25.3. The predicted octanol–water partition coefficient (Wildman–Crippen LogP) is 7.56. The molecule has 0 amide bonds. The molecule has 0 radical (unpaired) electrons. The topological polar surface area (TPSA) is 64.5 Å². The number of anilines is 1. The first-order valence-corrected chi connectivity index (χ1v) is 13.9. The van der Waals surface area contributed by atoms with Crippen LogP contribution in [-0.2, 0) is 14.3 Å². The molecule has 208 valence electrons. The van der Waals surface area contributed by atoms with Gasteiger partial charge in [0.25, 0.3) is 0 Å². The van der Waals surface area contributed by atoms with Gasteiger partial charge in [0.2, 0.25) is 0 Å². The number of aryl methyl sites for hydroxylation is 1. The van der Waals surface area contributed by atoms with Crippen molar-refractivity contribution in [1.29, 1.82) is 0 Å². The molecule has 6 heteroatoms. The molecule has 3 rings (SSSR count). The molecule has 3 heterocycles. The monoisotopic (exact) mass is 521 g/mol. The molecule has 1 atom stereocenters. The number of carbonyl (C=O) groups is 1. The number of rotatable bonds is 8. The van der Waals surface area contributed by atoms with Gasteiger partial charge in [0.15, 0.2) is 6.10 Å². The molecule has 1 saturated heterocycles. The van der Waals surface area contributed by atoms with Gasteiger partial charge in [-0.2, -0.15) is 0 Å². The number of esters is 1. The zero-order valence-electron chi connectivity index (χ0n) is 25.1. The highest BCUT2D eigenvalue weighted by Gasteiger charge is 2.37. The first-order chi connectivity index (χ1) is 17.7. The molecule has 0 aromatic carbocycles. The van der Waals surface area contributed by atoms with Gasteiger partial charge in [-0.05, 0) is 77.3 Å². The Balaban J connectivity index is 2.25. The molecule has 1 aliphatic rings. The molecule has 38 heavy (non-hydrogen) atoms. The fourth-order valence-electron chi connectivity index (χ4n) is 4.68. The number of allylic oxidation sites excluding steroid dienone is 1. The highest BCUT2D eigenvalue weighted by atomic mass is 16.6. The lowest BCUT2D eigenvalue weighted by Crippen LogP contribution is -2.39. The Bertz CT molecular complexity index is 1140. The maximum Gasteiger partial charge on any atom is 0.340 e. The largest absolute Gasteiger partial charge is 0.461 e. The molecule has 1 aliphatic heterocycles. The molecule has 0 unspecified atom stereocenters. The summed E-state index contributed by atoms with van der Waals surface area (Å²) in [6.07, 6.45) is 10.9. The third-order valence-electron chi connectivity index (χ3n) is 6.76. The summed E-state index contributed by atoms with van der Waals surface area (Å²) in [5.41, 5.74) is 5.22. The van der Waals surface area contributed by atoms with Crippen LogP contribution < -0.4 is 4.90 Å². The van der Waals surface area contributed by atoms with E-state index in [4.69, 9.17) is 14.5 Å². The fraction of sp³-hybridized carbons (Fsp3) is 0.594. The first kappa shape index (κ1) is 29.8. The summed E-state index contributed by atoms with van der Waals surface area (Å²) in [6, 6.07) is 2.14. The van der Waals surface area contributed by atoms with Crippen LogP contribution in [0, 0.1) is 18.3 Å². The number of hydrogen-bond donors (Lipinski definition) is 0. The zero-order chi connectivity index (χ0) is 28.3. The molecule has 2 aromatic rings. The Labute approximate surface area is 229 Å². The second-order valence-electron chi connectivity index (χ2n) is 12.9. The smallest absolute Gasteiger partial charge is 0.340 e. The van der Waals surface area contributed by atoms with Crippen LogP contribution in [0.15, 0.2) is 30.7 Å². The van der Waals surface area contributed by atoms with E-state index < -0.39 is 11.7 Å². The Hall–Kier alpha value is -2.73. The van der Waals surface area contributed by atoms with Gasteiger partial charge in [-0.25, -0.2) is 4.79 Å². The Kier molecular flexibility index (Phi) is 9.40. The van der Waals surface area contributed by atoms with Gasteiger partial charge < -0.3 is 14.4 Å². The molecule has 0 spiro atoms. The number of hydrogen-bond acceptors (Lipinski definition) is 6. The van der Waals surface area contributed by atoms with Crippen LogP contribution in [0.1, 0.15) is 98.1 Å². The van der Waals surface area contributed by atoms with E-state index in [9.17, 15) is 4.79 Å². The second-order valence-corrected chi connectivity index (χ2v) is 12.9. The summed E-state index contributed by atoms with van der Waals surface area (Å²) in [5.74, 6) is 0.0585. The van der Waals surface area contributed by atoms with E-state index in [1.807, 2.05) is 60.1 Å². The summed E-state index contributed by atoms with van der Waals surface area (Å²) < 4.78 is 12.2. The zero-order valence-corrected chi connectivity index (χ0v) is 25.1. The molecule has 0 aliphatic carbocycles. The van der Waals surface area contributed by atoms with Crippen molar-refractivity contribution in [1.82, 2.24) is 9.97 Å². The normalized spacial score (nSPS) is 16.9. The number of piperidine rings is 1. The second kappa shape index (κ2) is 12.0. The van der Waals surface area contributed by atoms with Gasteiger partial charge in [-0.15, -0.1) is 0 Å². The summed E-state index contributed by atoms with van der Waals surface area (Å²) >= 11 is 0. The predicted molar refractivity (Wildman–Crippen MR) is 156 cm³/mol. The van der Waals surface area contributed by atoms with Crippen molar-refractivity contribution in [3.8, 4) is 11.1 Å². The molecule has 0 bridgehead atoms. The average Bonchev–Trinajstić information content (AvgIpc) is 2.80. The molecule has 0 N–H and O–H groups in total. The van der Waals surface area contributed by atoms with E-state index in [2.05, 4.69) is 55.8 Å². The van der Waals surface area contributed by atoms with Crippen LogP contribution in [0.25, 0.3) is 17.2 Å². The Morgan fingerprint density at radius 2 is 1.74 bits per heavy atom.